The molecule has 0 N–H and O–H groups in total. The highest BCUT2D eigenvalue weighted by molar-refractivity contribution is 6.30. The highest BCUT2D eigenvalue weighted by Crippen LogP contribution is 2.32. The van der Waals surface area contributed by atoms with Gasteiger partial charge in [-0.05, 0) is 79.6 Å². The average Bonchev–Trinajstić information content (AvgIpc) is 3.40. The zero-order chi connectivity index (χ0) is 28.2. The van der Waals surface area contributed by atoms with E-state index in [4.69, 9.17) is 21.4 Å². The van der Waals surface area contributed by atoms with E-state index in [2.05, 4.69) is 0 Å². The fourth-order valence-corrected chi connectivity index (χ4v) is 4.58. The maximum Gasteiger partial charge on any atom is 0.271 e. The SMILES string of the molecule is CCN1C(=O)C(C#N)=C(C)/C(=C\c2cn(-c3ccccc3)nc2-c2ccc(OCc3ccc(Cl)cc3)cc2)C1=O. The average molecular weight is 549 g/mol. The molecule has 0 radical (unpaired) electrons. The fraction of sp³-hybridized carbons (Fsp3) is 0.125. The van der Waals surface area contributed by atoms with Crippen LogP contribution in [-0.2, 0) is 16.2 Å². The van der Waals surface area contributed by atoms with Crippen molar-refractivity contribution in [3.05, 3.63) is 118 Å². The van der Waals surface area contributed by atoms with E-state index in [1.807, 2.05) is 91.1 Å². The highest BCUT2D eigenvalue weighted by atomic mass is 35.5. The lowest BCUT2D eigenvalue weighted by Crippen LogP contribution is -2.42. The first-order valence-electron chi connectivity index (χ1n) is 12.7. The summed E-state index contributed by atoms with van der Waals surface area (Å²) in [6.07, 6.45) is 3.54. The number of nitriles is 1. The third-order valence-electron chi connectivity index (χ3n) is 6.65. The number of hydrogen-bond donors (Lipinski definition) is 0. The zero-order valence-corrected chi connectivity index (χ0v) is 22.7. The van der Waals surface area contributed by atoms with Crippen LogP contribution < -0.4 is 4.74 Å². The van der Waals surface area contributed by atoms with Crippen molar-refractivity contribution in [1.82, 2.24) is 14.7 Å². The summed E-state index contributed by atoms with van der Waals surface area (Å²) in [4.78, 5) is 27.0. The molecule has 5 rings (SSSR count). The summed E-state index contributed by atoms with van der Waals surface area (Å²) in [6, 6.07) is 26.6. The van der Waals surface area contributed by atoms with E-state index in [9.17, 15) is 14.9 Å². The summed E-state index contributed by atoms with van der Waals surface area (Å²) < 4.78 is 7.68. The van der Waals surface area contributed by atoms with E-state index in [0.29, 0.717) is 34.2 Å². The lowest BCUT2D eigenvalue weighted by molar-refractivity contribution is -0.140. The van der Waals surface area contributed by atoms with Crippen LogP contribution in [0.3, 0.4) is 0 Å². The Hall–Kier alpha value is -4.93. The number of likely N-dealkylation sites (N-methyl/N-ethyl adjacent to an activating group) is 1. The molecule has 0 unspecified atom stereocenters. The predicted octanol–water partition coefficient (Wildman–Crippen LogP) is 6.38. The molecule has 0 spiro atoms. The Labute approximate surface area is 237 Å². The number of aromatic nitrogens is 2. The second kappa shape index (κ2) is 11.4. The van der Waals surface area contributed by atoms with E-state index >= 15 is 0 Å². The van der Waals surface area contributed by atoms with Crippen LogP contribution >= 0.6 is 11.6 Å². The van der Waals surface area contributed by atoms with Crippen LogP contribution in [0.1, 0.15) is 25.0 Å². The maximum absolute atomic E-state index is 13.3. The standard InChI is InChI=1S/C32H25ClN4O3/c1-3-36-31(38)28(21(2)29(18-34)32(36)39)17-24-19-37(26-7-5-4-6-8-26)35-30(24)23-11-15-27(16-12-23)40-20-22-9-13-25(33)14-10-22/h4-17,19H,3,20H2,1-2H3/b28-17+. The number of carbonyl (C=O) groups is 2. The molecule has 0 atom stereocenters. The summed E-state index contributed by atoms with van der Waals surface area (Å²) in [5, 5.41) is 15.1. The van der Waals surface area contributed by atoms with Crippen molar-refractivity contribution in [3.8, 4) is 28.8 Å². The topological polar surface area (TPSA) is 88.2 Å². The molecule has 7 nitrogen and oxygen atoms in total. The van der Waals surface area contributed by atoms with Gasteiger partial charge in [-0.15, -0.1) is 0 Å². The lowest BCUT2D eigenvalue weighted by atomic mass is 9.93. The van der Waals surface area contributed by atoms with Gasteiger partial charge in [0, 0.05) is 34.5 Å². The van der Waals surface area contributed by atoms with Crippen LogP contribution in [0.5, 0.6) is 5.75 Å². The van der Waals surface area contributed by atoms with Gasteiger partial charge in [0.25, 0.3) is 11.8 Å². The van der Waals surface area contributed by atoms with Crippen molar-refractivity contribution < 1.29 is 14.3 Å². The number of nitrogens with zero attached hydrogens (tertiary/aromatic N) is 4. The normalized spacial score (nSPS) is 14.6. The summed E-state index contributed by atoms with van der Waals surface area (Å²) >= 11 is 5.97. The van der Waals surface area contributed by atoms with Crippen molar-refractivity contribution in [2.75, 3.05) is 6.54 Å². The summed E-state index contributed by atoms with van der Waals surface area (Å²) in [6.45, 7) is 3.90. The lowest BCUT2D eigenvalue weighted by Gasteiger charge is -2.26. The molecular formula is C32H25ClN4O3. The molecule has 0 bridgehead atoms. The molecule has 0 saturated carbocycles. The Morgan fingerprint density at radius 3 is 2.33 bits per heavy atom. The van der Waals surface area contributed by atoms with Crippen LogP contribution in [0, 0.1) is 11.3 Å². The molecule has 0 saturated heterocycles. The van der Waals surface area contributed by atoms with Crippen LogP contribution in [0.15, 0.2) is 102 Å². The molecule has 1 aliphatic heterocycles. The molecule has 4 aromatic rings. The summed E-state index contributed by atoms with van der Waals surface area (Å²) in [5.41, 5.74) is 4.58. The van der Waals surface area contributed by atoms with Crippen LogP contribution in [0.25, 0.3) is 23.0 Å². The maximum atomic E-state index is 13.3. The predicted molar refractivity (Wildman–Crippen MR) is 153 cm³/mol. The van der Waals surface area contributed by atoms with Crippen molar-refractivity contribution in [3.63, 3.8) is 0 Å². The van der Waals surface area contributed by atoms with Gasteiger partial charge in [-0.3, -0.25) is 14.5 Å². The number of para-hydroxylation sites is 1. The van der Waals surface area contributed by atoms with Crippen LogP contribution in [0.2, 0.25) is 5.02 Å². The summed E-state index contributed by atoms with van der Waals surface area (Å²) in [5.74, 6) is -0.314. The highest BCUT2D eigenvalue weighted by Gasteiger charge is 2.34. The van der Waals surface area contributed by atoms with Crippen molar-refractivity contribution in [2.45, 2.75) is 20.5 Å². The molecule has 2 heterocycles. The van der Waals surface area contributed by atoms with Gasteiger partial charge < -0.3 is 4.74 Å². The molecule has 1 aromatic heterocycles. The molecule has 1 aliphatic rings. The molecule has 0 aliphatic carbocycles. The van der Waals surface area contributed by atoms with Gasteiger partial charge in [-0.1, -0.05) is 41.9 Å². The van der Waals surface area contributed by atoms with E-state index in [0.717, 1.165) is 21.7 Å². The molecule has 8 heteroatoms. The van der Waals surface area contributed by atoms with E-state index in [1.165, 1.54) is 0 Å². The third-order valence-corrected chi connectivity index (χ3v) is 6.90. The van der Waals surface area contributed by atoms with Crippen molar-refractivity contribution in [1.29, 1.82) is 5.26 Å². The number of amides is 2. The minimum Gasteiger partial charge on any atom is -0.489 e. The van der Waals surface area contributed by atoms with Gasteiger partial charge >= 0.3 is 0 Å². The van der Waals surface area contributed by atoms with Gasteiger partial charge in [-0.2, -0.15) is 10.4 Å². The molecule has 3 aromatic carbocycles. The first-order chi connectivity index (χ1) is 19.4. The monoisotopic (exact) mass is 548 g/mol. The first kappa shape index (κ1) is 26.7. The van der Waals surface area contributed by atoms with Gasteiger partial charge in [0.1, 0.15) is 24.0 Å². The van der Waals surface area contributed by atoms with Gasteiger partial charge in [-0.25, -0.2) is 4.68 Å². The van der Waals surface area contributed by atoms with E-state index < -0.39 is 11.8 Å². The number of imide groups is 1. The Bertz CT molecular complexity index is 1680. The van der Waals surface area contributed by atoms with E-state index in [1.54, 1.807) is 24.6 Å². The quantitative estimate of drug-likeness (QED) is 0.197. The zero-order valence-electron chi connectivity index (χ0n) is 22.0. The second-order valence-corrected chi connectivity index (χ2v) is 9.61. The molecule has 40 heavy (non-hydrogen) atoms. The van der Waals surface area contributed by atoms with Gasteiger partial charge in [0.05, 0.1) is 11.4 Å². The molecule has 2 amide bonds. The smallest absolute Gasteiger partial charge is 0.271 e. The van der Waals surface area contributed by atoms with Crippen LogP contribution in [-0.4, -0.2) is 33.0 Å². The number of ether oxygens (including phenoxy) is 1. The molecular weight excluding hydrogens is 524 g/mol. The third kappa shape index (κ3) is 5.31. The van der Waals surface area contributed by atoms with E-state index in [-0.39, 0.29) is 17.7 Å². The Balaban J connectivity index is 1.53. The number of halogens is 1. The van der Waals surface area contributed by atoms with Crippen LogP contribution in [0.4, 0.5) is 0 Å². The number of rotatable bonds is 7. The second-order valence-electron chi connectivity index (χ2n) is 9.18. The fourth-order valence-electron chi connectivity index (χ4n) is 4.46. The minimum absolute atomic E-state index is 0.0353. The van der Waals surface area contributed by atoms with Crippen molar-refractivity contribution >= 4 is 29.5 Å². The minimum atomic E-state index is -0.570. The Kier molecular flexibility index (Phi) is 7.63. The largest absolute Gasteiger partial charge is 0.489 e. The van der Waals surface area contributed by atoms with Gasteiger partial charge in [0.15, 0.2) is 0 Å². The Morgan fingerprint density at radius 1 is 0.975 bits per heavy atom. The number of carbonyl (C=O) groups excluding carboxylic acids is 2. The molecule has 0 fully saturated rings. The number of benzene rings is 3. The van der Waals surface area contributed by atoms with Gasteiger partial charge in [0.2, 0.25) is 0 Å². The van der Waals surface area contributed by atoms with Crippen molar-refractivity contribution in [2.24, 2.45) is 0 Å². The first-order valence-corrected chi connectivity index (χ1v) is 13.1. The Morgan fingerprint density at radius 2 is 1.68 bits per heavy atom. The molecule has 198 valence electrons. The summed E-state index contributed by atoms with van der Waals surface area (Å²) in [7, 11) is 0. The number of hydrogen-bond acceptors (Lipinski definition) is 5.